The molecule has 0 radical (unpaired) electrons. The van der Waals surface area contributed by atoms with Crippen molar-refractivity contribution in [3.8, 4) is 5.75 Å². The van der Waals surface area contributed by atoms with Gasteiger partial charge in [0.25, 0.3) is 0 Å². The Morgan fingerprint density at radius 2 is 1.72 bits per heavy atom. The molecule has 0 aromatic heterocycles. The van der Waals surface area contributed by atoms with Gasteiger partial charge in [-0.05, 0) is 23.3 Å². The number of carbonyl (C=O) groups excluding carboxylic acids is 1. The number of sulfonamides is 1. The first-order valence-corrected chi connectivity index (χ1v) is 9.68. The summed E-state index contributed by atoms with van der Waals surface area (Å²) in [5, 5.41) is 2.81. The number of nitrogens with one attached hydrogen (secondary N) is 2. The monoisotopic (exact) mass is 362 g/mol. The van der Waals surface area contributed by atoms with Crippen molar-refractivity contribution in [3.05, 3.63) is 65.7 Å². The maximum atomic E-state index is 12.2. The lowest BCUT2D eigenvalue weighted by molar-refractivity contribution is -0.121. The molecule has 2 aromatic carbocycles. The molecule has 0 unspecified atom stereocenters. The van der Waals surface area contributed by atoms with E-state index in [0.717, 1.165) is 11.8 Å². The summed E-state index contributed by atoms with van der Waals surface area (Å²) in [6, 6.07) is 15.8. The third-order valence-corrected chi connectivity index (χ3v) is 4.31. The van der Waals surface area contributed by atoms with E-state index in [2.05, 4.69) is 10.0 Å². The fraction of sp³-hybridized carbons (Fsp3) is 0.278. The zero-order valence-electron chi connectivity index (χ0n) is 14.2. The summed E-state index contributed by atoms with van der Waals surface area (Å²) in [6.45, 7) is 0.397. The highest BCUT2D eigenvalue weighted by molar-refractivity contribution is 7.88. The number of hydrogen-bond acceptors (Lipinski definition) is 4. The minimum Gasteiger partial charge on any atom is -0.497 e. The summed E-state index contributed by atoms with van der Waals surface area (Å²) in [5.74, 6) is 0.427. The molecule has 2 rings (SSSR count). The maximum absolute atomic E-state index is 12.2. The van der Waals surface area contributed by atoms with Crippen molar-refractivity contribution < 1.29 is 17.9 Å². The van der Waals surface area contributed by atoms with E-state index in [1.54, 1.807) is 31.4 Å². The predicted octanol–water partition coefficient (Wildman–Crippen LogP) is 1.99. The van der Waals surface area contributed by atoms with E-state index in [9.17, 15) is 13.2 Å². The fourth-order valence-electron chi connectivity index (χ4n) is 2.38. The Balaban J connectivity index is 2.05. The van der Waals surface area contributed by atoms with Crippen LogP contribution in [0.3, 0.4) is 0 Å². The van der Waals surface area contributed by atoms with Crippen LogP contribution in [0.5, 0.6) is 5.75 Å². The topological polar surface area (TPSA) is 84.5 Å². The van der Waals surface area contributed by atoms with Gasteiger partial charge in [0.2, 0.25) is 15.9 Å². The van der Waals surface area contributed by atoms with Gasteiger partial charge in [0.15, 0.2) is 0 Å². The van der Waals surface area contributed by atoms with Gasteiger partial charge in [-0.15, -0.1) is 0 Å². The Bertz CT molecular complexity index is 790. The molecule has 6 nitrogen and oxygen atoms in total. The van der Waals surface area contributed by atoms with E-state index in [0.29, 0.717) is 17.9 Å². The lowest BCUT2D eigenvalue weighted by Gasteiger charge is -2.18. The Morgan fingerprint density at radius 3 is 2.28 bits per heavy atom. The average molecular weight is 362 g/mol. The van der Waals surface area contributed by atoms with Crippen LogP contribution in [-0.4, -0.2) is 27.7 Å². The van der Waals surface area contributed by atoms with Crippen molar-refractivity contribution in [3.63, 3.8) is 0 Å². The summed E-state index contributed by atoms with van der Waals surface area (Å²) in [4.78, 5) is 12.2. The molecule has 0 saturated carbocycles. The van der Waals surface area contributed by atoms with Crippen molar-refractivity contribution >= 4 is 15.9 Å². The minimum absolute atomic E-state index is 0.00618. The summed E-state index contributed by atoms with van der Waals surface area (Å²) < 4.78 is 30.9. The molecule has 134 valence electrons. The number of ether oxygens (including phenoxy) is 1. The van der Waals surface area contributed by atoms with Crippen molar-refractivity contribution in [1.82, 2.24) is 10.0 Å². The number of hydrogen-bond donors (Lipinski definition) is 2. The van der Waals surface area contributed by atoms with E-state index in [-0.39, 0.29) is 12.3 Å². The van der Waals surface area contributed by atoms with Crippen molar-refractivity contribution in [2.75, 3.05) is 13.4 Å². The smallest absolute Gasteiger partial charge is 0.222 e. The Kier molecular flexibility index (Phi) is 6.55. The first-order valence-electron chi connectivity index (χ1n) is 7.79. The summed E-state index contributed by atoms with van der Waals surface area (Å²) in [7, 11) is -1.91. The molecule has 25 heavy (non-hydrogen) atoms. The second-order valence-corrected chi connectivity index (χ2v) is 7.46. The summed E-state index contributed by atoms with van der Waals surface area (Å²) in [5.41, 5.74) is 1.68. The van der Waals surface area contributed by atoms with E-state index in [1.807, 2.05) is 30.3 Å². The van der Waals surface area contributed by atoms with E-state index in [4.69, 9.17) is 4.74 Å². The van der Waals surface area contributed by atoms with Gasteiger partial charge in [0.05, 0.1) is 19.4 Å². The zero-order valence-corrected chi connectivity index (χ0v) is 15.0. The third-order valence-electron chi connectivity index (χ3n) is 3.60. The van der Waals surface area contributed by atoms with Crippen LogP contribution in [0, 0.1) is 0 Å². The molecule has 0 aliphatic heterocycles. The fourth-order valence-corrected chi connectivity index (χ4v) is 3.11. The van der Waals surface area contributed by atoms with E-state index < -0.39 is 16.1 Å². The van der Waals surface area contributed by atoms with Crippen LogP contribution in [0.1, 0.15) is 23.6 Å². The number of amides is 1. The summed E-state index contributed by atoms with van der Waals surface area (Å²) in [6.07, 6.45) is 1.08. The lowest BCUT2D eigenvalue weighted by Crippen LogP contribution is -2.33. The second kappa shape index (κ2) is 8.64. The van der Waals surface area contributed by atoms with Crippen LogP contribution in [-0.2, 0) is 21.4 Å². The van der Waals surface area contributed by atoms with E-state index in [1.165, 1.54) is 0 Å². The Hall–Kier alpha value is -2.38. The molecule has 2 N–H and O–H groups in total. The molecule has 0 heterocycles. The van der Waals surface area contributed by atoms with Gasteiger partial charge >= 0.3 is 0 Å². The van der Waals surface area contributed by atoms with Crippen LogP contribution >= 0.6 is 0 Å². The van der Waals surface area contributed by atoms with Crippen molar-refractivity contribution in [2.45, 2.75) is 19.0 Å². The van der Waals surface area contributed by atoms with Crippen LogP contribution < -0.4 is 14.8 Å². The number of methoxy groups -OCH3 is 1. The SMILES string of the molecule is COc1ccc([C@H](CC(=O)NCc2ccccc2)NS(C)(=O)=O)cc1. The van der Waals surface area contributed by atoms with Crippen molar-refractivity contribution in [1.29, 1.82) is 0 Å². The average Bonchev–Trinajstić information content (AvgIpc) is 2.59. The normalized spacial score (nSPS) is 12.4. The molecule has 0 spiro atoms. The highest BCUT2D eigenvalue weighted by Gasteiger charge is 2.19. The number of carbonyl (C=O) groups is 1. The largest absolute Gasteiger partial charge is 0.497 e. The van der Waals surface area contributed by atoms with Crippen molar-refractivity contribution in [2.24, 2.45) is 0 Å². The van der Waals surface area contributed by atoms with E-state index >= 15 is 0 Å². The first-order chi connectivity index (χ1) is 11.9. The maximum Gasteiger partial charge on any atom is 0.222 e. The zero-order chi connectivity index (χ0) is 18.3. The highest BCUT2D eigenvalue weighted by atomic mass is 32.2. The van der Waals surface area contributed by atoms with Crippen LogP contribution in [0.25, 0.3) is 0 Å². The molecular weight excluding hydrogens is 340 g/mol. The Labute approximate surface area is 148 Å². The van der Waals surface area contributed by atoms with Gasteiger partial charge in [-0.2, -0.15) is 0 Å². The van der Waals surface area contributed by atoms with Crippen LogP contribution in [0.4, 0.5) is 0 Å². The Morgan fingerprint density at radius 1 is 1.08 bits per heavy atom. The standard InChI is InChI=1S/C18H22N2O4S/c1-24-16-10-8-15(9-11-16)17(20-25(2,22)23)12-18(21)19-13-14-6-4-3-5-7-14/h3-11,17,20H,12-13H2,1-2H3,(H,19,21)/t17-/m0/s1. The third kappa shape index (κ3) is 6.56. The predicted molar refractivity (Wildman–Crippen MR) is 96.6 cm³/mol. The lowest BCUT2D eigenvalue weighted by atomic mass is 10.0. The quantitative estimate of drug-likeness (QED) is 0.752. The molecule has 1 atom stereocenters. The molecule has 0 aliphatic rings. The molecular formula is C18H22N2O4S. The van der Waals surface area contributed by atoms with Gasteiger partial charge in [-0.25, -0.2) is 13.1 Å². The molecule has 0 aliphatic carbocycles. The molecule has 0 fully saturated rings. The molecule has 0 saturated heterocycles. The van der Waals surface area contributed by atoms with Gasteiger partial charge < -0.3 is 10.1 Å². The van der Waals surface area contributed by atoms with Gasteiger partial charge in [0.1, 0.15) is 5.75 Å². The molecule has 0 bridgehead atoms. The molecule has 2 aromatic rings. The first kappa shape index (κ1) is 19.0. The summed E-state index contributed by atoms with van der Waals surface area (Å²) >= 11 is 0. The van der Waals surface area contributed by atoms with Gasteiger partial charge in [0, 0.05) is 13.0 Å². The van der Waals surface area contributed by atoms with Crippen LogP contribution in [0.2, 0.25) is 0 Å². The van der Waals surface area contributed by atoms with Gasteiger partial charge in [-0.1, -0.05) is 42.5 Å². The highest BCUT2D eigenvalue weighted by Crippen LogP contribution is 2.21. The molecule has 7 heteroatoms. The second-order valence-electron chi connectivity index (χ2n) is 5.68. The van der Waals surface area contributed by atoms with Gasteiger partial charge in [-0.3, -0.25) is 4.79 Å². The number of rotatable bonds is 8. The number of benzene rings is 2. The minimum atomic E-state index is -3.46. The molecule has 1 amide bonds. The van der Waals surface area contributed by atoms with Crippen LogP contribution in [0.15, 0.2) is 54.6 Å².